The monoisotopic (exact) mass is 162 g/mol. The van der Waals surface area contributed by atoms with Crippen LogP contribution in [0.4, 0.5) is 0 Å². The van der Waals surface area contributed by atoms with E-state index in [1.807, 2.05) is 6.92 Å². The molecule has 0 aromatic carbocycles. The second-order valence-corrected chi connectivity index (χ2v) is 3.30. The zero-order valence-electron chi connectivity index (χ0n) is 5.09. The first kappa shape index (κ1) is 6.96. The van der Waals surface area contributed by atoms with E-state index in [4.69, 9.17) is 11.6 Å². The number of halogens is 1. The van der Waals surface area contributed by atoms with Gasteiger partial charge in [-0.15, -0.1) is 33.1 Å². The summed E-state index contributed by atoms with van der Waals surface area (Å²) in [6.45, 7) is 1.94. The van der Waals surface area contributed by atoms with E-state index < -0.39 is 0 Å². The first-order valence-electron chi connectivity index (χ1n) is 2.68. The Balaban J connectivity index is 2.61. The fourth-order valence-corrected chi connectivity index (χ4v) is 1.52. The first-order chi connectivity index (χ1) is 4.33. The SMILES string of the molecule is Cc1nnc(CCCl)s1. The molecular weight excluding hydrogens is 156 g/mol. The van der Waals surface area contributed by atoms with Crippen LogP contribution in [-0.2, 0) is 6.42 Å². The van der Waals surface area contributed by atoms with Crippen LogP contribution in [-0.4, -0.2) is 16.1 Å². The fourth-order valence-electron chi connectivity index (χ4n) is 0.519. The summed E-state index contributed by atoms with van der Waals surface area (Å²) in [5.41, 5.74) is 0. The minimum atomic E-state index is 0.634. The van der Waals surface area contributed by atoms with Crippen LogP contribution >= 0.6 is 22.9 Å². The molecule has 0 amide bonds. The number of aromatic nitrogens is 2. The number of hydrogen-bond donors (Lipinski definition) is 0. The molecule has 9 heavy (non-hydrogen) atoms. The van der Waals surface area contributed by atoms with Gasteiger partial charge in [-0.2, -0.15) is 0 Å². The highest BCUT2D eigenvalue weighted by Gasteiger charge is 1.96. The Bertz CT molecular complexity index is 187. The second-order valence-electron chi connectivity index (χ2n) is 1.65. The van der Waals surface area contributed by atoms with Crippen LogP contribution in [0.15, 0.2) is 0 Å². The fraction of sp³-hybridized carbons (Fsp3) is 0.600. The van der Waals surface area contributed by atoms with Crippen molar-refractivity contribution in [3.05, 3.63) is 10.0 Å². The normalized spacial score (nSPS) is 10.0. The molecule has 1 aromatic heterocycles. The van der Waals surface area contributed by atoms with Crippen LogP contribution in [0, 0.1) is 6.92 Å². The lowest BCUT2D eigenvalue weighted by Crippen LogP contribution is -1.82. The highest BCUT2D eigenvalue weighted by Crippen LogP contribution is 2.08. The van der Waals surface area contributed by atoms with E-state index in [0.29, 0.717) is 5.88 Å². The Labute approximate surface area is 62.9 Å². The standard InChI is InChI=1S/C5H7ClN2S/c1-4-7-8-5(9-4)2-3-6/h2-3H2,1H3. The van der Waals surface area contributed by atoms with Crippen molar-refractivity contribution in [1.82, 2.24) is 10.2 Å². The van der Waals surface area contributed by atoms with E-state index >= 15 is 0 Å². The summed E-state index contributed by atoms with van der Waals surface area (Å²) >= 11 is 7.09. The van der Waals surface area contributed by atoms with Gasteiger partial charge in [0.1, 0.15) is 10.0 Å². The van der Waals surface area contributed by atoms with Gasteiger partial charge >= 0.3 is 0 Å². The van der Waals surface area contributed by atoms with E-state index in [1.165, 1.54) is 0 Å². The minimum absolute atomic E-state index is 0.634. The molecule has 0 spiro atoms. The molecule has 1 heterocycles. The Morgan fingerprint density at radius 3 is 2.78 bits per heavy atom. The Morgan fingerprint density at radius 1 is 1.56 bits per heavy atom. The molecule has 0 bridgehead atoms. The molecule has 0 aliphatic rings. The quantitative estimate of drug-likeness (QED) is 0.618. The van der Waals surface area contributed by atoms with Crippen LogP contribution in [0.1, 0.15) is 10.0 Å². The molecule has 0 aliphatic carbocycles. The molecule has 0 saturated heterocycles. The molecule has 0 saturated carbocycles. The van der Waals surface area contributed by atoms with Crippen molar-refractivity contribution < 1.29 is 0 Å². The Kier molecular flexibility index (Phi) is 2.42. The van der Waals surface area contributed by atoms with Gasteiger partial charge in [0.15, 0.2) is 0 Å². The summed E-state index contributed by atoms with van der Waals surface area (Å²) < 4.78 is 0. The van der Waals surface area contributed by atoms with E-state index in [2.05, 4.69) is 10.2 Å². The third-order valence-electron chi connectivity index (χ3n) is 0.876. The van der Waals surface area contributed by atoms with Crippen LogP contribution in [0.2, 0.25) is 0 Å². The smallest absolute Gasteiger partial charge is 0.118 e. The number of nitrogens with zero attached hydrogens (tertiary/aromatic N) is 2. The maximum absolute atomic E-state index is 5.48. The predicted octanol–water partition coefficient (Wildman–Crippen LogP) is 1.63. The molecule has 2 nitrogen and oxygen atoms in total. The molecular formula is C5H7ClN2S. The Hall–Kier alpha value is -0.150. The molecule has 0 fully saturated rings. The summed E-state index contributed by atoms with van der Waals surface area (Å²) in [5, 5.41) is 9.77. The van der Waals surface area contributed by atoms with E-state index in [-0.39, 0.29) is 0 Å². The molecule has 0 atom stereocenters. The van der Waals surface area contributed by atoms with Gasteiger partial charge in [0.2, 0.25) is 0 Å². The van der Waals surface area contributed by atoms with E-state index in [0.717, 1.165) is 16.4 Å². The van der Waals surface area contributed by atoms with E-state index in [1.54, 1.807) is 11.3 Å². The number of rotatable bonds is 2. The van der Waals surface area contributed by atoms with Gasteiger partial charge in [0.05, 0.1) is 0 Å². The maximum atomic E-state index is 5.48. The molecule has 4 heteroatoms. The largest absolute Gasteiger partial charge is 0.144 e. The summed E-state index contributed by atoms with van der Waals surface area (Å²) in [6, 6.07) is 0. The summed E-state index contributed by atoms with van der Waals surface area (Å²) in [5.74, 6) is 0.634. The summed E-state index contributed by atoms with van der Waals surface area (Å²) in [7, 11) is 0. The highest BCUT2D eigenvalue weighted by atomic mass is 35.5. The third-order valence-corrected chi connectivity index (χ3v) is 1.96. The van der Waals surface area contributed by atoms with Crippen LogP contribution in [0.3, 0.4) is 0 Å². The molecule has 0 aliphatic heterocycles. The Morgan fingerprint density at radius 2 is 2.33 bits per heavy atom. The first-order valence-corrected chi connectivity index (χ1v) is 4.03. The summed E-state index contributed by atoms with van der Waals surface area (Å²) in [4.78, 5) is 0. The van der Waals surface area contributed by atoms with Crippen LogP contribution < -0.4 is 0 Å². The van der Waals surface area contributed by atoms with Gasteiger partial charge < -0.3 is 0 Å². The number of aryl methyl sites for hydroxylation is 2. The number of alkyl halides is 1. The van der Waals surface area contributed by atoms with Crippen molar-refractivity contribution in [2.45, 2.75) is 13.3 Å². The molecule has 0 radical (unpaired) electrons. The maximum Gasteiger partial charge on any atom is 0.118 e. The molecule has 50 valence electrons. The van der Waals surface area contributed by atoms with Gasteiger partial charge in [-0.3, -0.25) is 0 Å². The average molecular weight is 163 g/mol. The highest BCUT2D eigenvalue weighted by molar-refractivity contribution is 7.11. The lowest BCUT2D eigenvalue weighted by Gasteiger charge is -1.81. The van der Waals surface area contributed by atoms with Crippen LogP contribution in [0.5, 0.6) is 0 Å². The van der Waals surface area contributed by atoms with Crippen molar-refractivity contribution >= 4 is 22.9 Å². The molecule has 1 rings (SSSR count). The molecule has 0 unspecified atom stereocenters. The van der Waals surface area contributed by atoms with Crippen molar-refractivity contribution in [1.29, 1.82) is 0 Å². The molecule has 0 N–H and O–H groups in total. The second kappa shape index (κ2) is 3.13. The van der Waals surface area contributed by atoms with Crippen molar-refractivity contribution in [3.63, 3.8) is 0 Å². The third kappa shape index (κ3) is 1.91. The van der Waals surface area contributed by atoms with E-state index in [9.17, 15) is 0 Å². The van der Waals surface area contributed by atoms with Gasteiger partial charge in [-0.25, -0.2) is 0 Å². The lowest BCUT2D eigenvalue weighted by atomic mass is 10.5. The van der Waals surface area contributed by atoms with Crippen molar-refractivity contribution in [3.8, 4) is 0 Å². The summed E-state index contributed by atoms with van der Waals surface area (Å²) in [6.07, 6.45) is 0.840. The zero-order chi connectivity index (χ0) is 6.69. The van der Waals surface area contributed by atoms with Crippen molar-refractivity contribution in [2.75, 3.05) is 5.88 Å². The van der Waals surface area contributed by atoms with Gasteiger partial charge in [-0.1, -0.05) is 0 Å². The number of hydrogen-bond acceptors (Lipinski definition) is 3. The van der Waals surface area contributed by atoms with Gasteiger partial charge in [0, 0.05) is 12.3 Å². The van der Waals surface area contributed by atoms with Crippen molar-refractivity contribution in [2.24, 2.45) is 0 Å². The minimum Gasteiger partial charge on any atom is -0.144 e. The lowest BCUT2D eigenvalue weighted by molar-refractivity contribution is 0.968. The zero-order valence-corrected chi connectivity index (χ0v) is 6.67. The average Bonchev–Trinajstić information content (AvgIpc) is 2.17. The van der Waals surface area contributed by atoms with Gasteiger partial charge in [0.25, 0.3) is 0 Å². The van der Waals surface area contributed by atoms with Crippen LogP contribution in [0.25, 0.3) is 0 Å². The van der Waals surface area contributed by atoms with Gasteiger partial charge in [-0.05, 0) is 6.92 Å². The predicted molar refractivity (Wildman–Crippen MR) is 39.1 cm³/mol. The topological polar surface area (TPSA) is 25.8 Å². The molecule has 1 aromatic rings.